The fourth-order valence-electron chi connectivity index (χ4n) is 4.00. The number of aromatic nitrogens is 1. The first-order valence-electron chi connectivity index (χ1n) is 11.7. The van der Waals surface area contributed by atoms with Crippen LogP contribution in [0, 0.1) is 5.92 Å². The summed E-state index contributed by atoms with van der Waals surface area (Å²) < 4.78 is 33.2. The molecule has 2 aromatic rings. The van der Waals surface area contributed by atoms with E-state index in [9.17, 15) is 18.0 Å². The number of esters is 1. The highest BCUT2D eigenvalue weighted by atomic mass is 32.2. The van der Waals surface area contributed by atoms with E-state index in [0.717, 1.165) is 12.0 Å². The van der Waals surface area contributed by atoms with Crippen LogP contribution in [0.5, 0.6) is 0 Å². The van der Waals surface area contributed by atoms with Crippen molar-refractivity contribution in [2.75, 3.05) is 6.54 Å². The third kappa shape index (κ3) is 7.36. The lowest BCUT2D eigenvalue weighted by Gasteiger charge is -2.34. The number of nitrogens with one attached hydrogen (secondary N) is 1. The van der Waals surface area contributed by atoms with Crippen molar-refractivity contribution >= 4 is 21.9 Å². The highest BCUT2D eigenvalue weighted by Gasteiger charge is 2.39. The molecule has 0 aliphatic carbocycles. The number of piperidine rings is 1. The zero-order valence-electron chi connectivity index (χ0n) is 19.7. The largest absolute Gasteiger partial charge is 0.451 e. The number of amides is 1. The standard InChI is InChI=1S/C25H33N3O5S/c1-19(2)15-23(24(29)27-17-21-11-8-13-26-16-21)33-25(30)22-12-6-7-14-28(22)34(31,32)18-20-9-4-3-5-10-20/h3-5,8-11,13,16,19,22-23H,6-7,12,14-15,17-18H2,1-2H3,(H,27,29)/t22?,23-/m0/s1. The van der Waals surface area contributed by atoms with Crippen LogP contribution in [-0.4, -0.2) is 48.3 Å². The van der Waals surface area contributed by atoms with Crippen LogP contribution in [0.4, 0.5) is 0 Å². The van der Waals surface area contributed by atoms with Gasteiger partial charge < -0.3 is 10.1 Å². The van der Waals surface area contributed by atoms with Gasteiger partial charge in [-0.25, -0.2) is 8.42 Å². The average Bonchev–Trinajstić information content (AvgIpc) is 2.83. The number of hydrogen-bond donors (Lipinski definition) is 1. The number of hydrogen-bond acceptors (Lipinski definition) is 6. The molecule has 0 bridgehead atoms. The average molecular weight is 488 g/mol. The van der Waals surface area contributed by atoms with Gasteiger partial charge in [-0.05, 0) is 48.8 Å². The summed E-state index contributed by atoms with van der Waals surface area (Å²) in [6, 6.07) is 11.6. The molecule has 1 aromatic carbocycles. The van der Waals surface area contributed by atoms with Gasteiger partial charge in [-0.1, -0.05) is 50.2 Å². The van der Waals surface area contributed by atoms with Gasteiger partial charge in [0.2, 0.25) is 10.0 Å². The molecular formula is C25H33N3O5S. The van der Waals surface area contributed by atoms with E-state index in [1.165, 1.54) is 4.31 Å². The van der Waals surface area contributed by atoms with Crippen LogP contribution in [0.1, 0.15) is 50.7 Å². The molecule has 8 nitrogen and oxygen atoms in total. The van der Waals surface area contributed by atoms with E-state index in [-0.39, 0.29) is 24.8 Å². The summed E-state index contributed by atoms with van der Waals surface area (Å²) in [4.78, 5) is 30.0. The Kier molecular flexibility index (Phi) is 9.18. The summed E-state index contributed by atoms with van der Waals surface area (Å²) in [6.07, 6.45) is 4.42. The topological polar surface area (TPSA) is 106 Å². The van der Waals surface area contributed by atoms with Crippen molar-refractivity contribution in [3.8, 4) is 0 Å². The second kappa shape index (κ2) is 12.1. The zero-order chi connectivity index (χ0) is 24.6. The monoisotopic (exact) mass is 487 g/mol. The second-order valence-corrected chi connectivity index (χ2v) is 10.9. The van der Waals surface area contributed by atoms with Crippen LogP contribution in [0.15, 0.2) is 54.9 Å². The van der Waals surface area contributed by atoms with Crippen LogP contribution < -0.4 is 5.32 Å². The Morgan fingerprint density at radius 2 is 1.85 bits per heavy atom. The Balaban J connectivity index is 1.69. The lowest BCUT2D eigenvalue weighted by atomic mass is 10.0. The maximum atomic E-state index is 13.2. The Bertz CT molecular complexity index is 1040. The minimum absolute atomic E-state index is 0.103. The molecule has 0 spiro atoms. The summed E-state index contributed by atoms with van der Waals surface area (Å²) in [6.45, 7) is 4.40. The number of carbonyl (C=O) groups is 2. The van der Waals surface area contributed by atoms with Gasteiger partial charge in [0.25, 0.3) is 5.91 Å². The summed E-state index contributed by atoms with van der Waals surface area (Å²) in [5.74, 6) is -1.15. The van der Waals surface area contributed by atoms with E-state index in [0.29, 0.717) is 24.8 Å². The Hall–Kier alpha value is -2.78. The fourth-order valence-corrected chi connectivity index (χ4v) is 5.77. The quantitative estimate of drug-likeness (QED) is 0.517. The van der Waals surface area contributed by atoms with Crippen molar-refractivity contribution in [2.24, 2.45) is 5.92 Å². The van der Waals surface area contributed by atoms with Gasteiger partial charge in [-0.3, -0.25) is 14.6 Å². The molecule has 9 heteroatoms. The molecule has 1 unspecified atom stereocenters. The minimum Gasteiger partial charge on any atom is -0.451 e. The number of pyridine rings is 1. The predicted octanol–water partition coefficient (Wildman–Crippen LogP) is 3.04. The minimum atomic E-state index is -3.73. The van der Waals surface area contributed by atoms with Crippen molar-refractivity contribution in [1.82, 2.24) is 14.6 Å². The molecule has 1 saturated heterocycles. The number of ether oxygens (including phenoxy) is 1. The lowest BCUT2D eigenvalue weighted by molar-refractivity contribution is -0.161. The molecule has 1 fully saturated rings. The Morgan fingerprint density at radius 3 is 2.53 bits per heavy atom. The van der Waals surface area contributed by atoms with E-state index in [1.807, 2.05) is 26.0 Å². The molecule has 1 aromatic heterocycles. The van der Waals surface area contributed by atoms with Crippen molar-refractivity contribution in [3.63, 3.8) is 0 Å². The smallest absolute Gasteiger partial charge is 0.325 e. The first-order valence-corrected chi connectivity index (χ1v) is 13.3. The van der Waals surface area contributed by atoms with Crippen molar-refractivity contribution in [1.29, 1.82) is 0 Å². The molecule has 3 rings (SSSR count). The molecule has 0 radical (unpaired) electrons. The summed E-state index contributed by atoms with van der Waals surface area (Å²) in [5, 5.41) is 2.80. The van der Waals surface area contributed by atoms with Crippen molar-refractivity contribution in [3.05, 3.63) is 66.0 Å². The molecule has 34 heavy (non-hydrogen) atoms. The molecule has 1 aliphatic rings. The number of benzene rings is 1. The Morgan fingerprint density at radius 1 is 1.12 bits per heavy atom. The normalized spacial score (nSPS) is 17.8. The van der Waals surface area contributed by atoms with E-state index in [4.69, 9.17) is 4.74 Å². The van der Waals surface area contributed by atoms with Gasteiger partial charge in [-0.15, -0.1) is 0 Å². The molecule has 2 heterocycles. The maximum absolute atomic E-state index is 13.2. The van der Waals surface area contributed by atoms with Gasteiger partial charge >= 0.3 is 5.97 Å². The van der Waals surface area contributed by atoms with Gasteiger partial charge in [-0.2, -0.15) is 4.31 Å². The first kappa shape index (κ1) is 25.8. The van der Waals surface area contributed by atoms with Gasteiger partial charge in [0, 0.05) is 25.5 Å². The number of carbonyl (C=O) groups excluding carboxylic acids is 2. The summed E-state index contributed by atoms with van der Waals surface area (Å²) >= 11 is 0. The molecule has 2 atom stereocenters. The number of sulfonamides is 1. The highest BCUT2D eigenvalue weighted by Crippen LogP contribution is 2.25. The van der Waals surface area contributed by atoms with Crippen LogP contribution >= 0.6 is 0 Å². The van der Waals surface area contributed by atoms with Crippen LogP contribution in [0.25, 0.3) is 0 Å². The number of rotatable bonds is 10. The van der Waals surface area contributed by atoms with Crippen molar-refractivity contribution in [2.45, 2.75) is 64.0 Å². The van der Waals surface area contributed by atoms with E-state index in [2.05, 4.69) is 10.3 Å². The third-order valence-electron chi connectivity index (χ3n) is 5.70. The van der Waals surface area contributed by atoms with Crippen LogP contribution in [0.2, 0.25) is 0 Å². The third-order valence-corrected chi connectivity index (χ3v) is 7.55. The Labute approximate surface area is 201 Å². The van der Waals surface area contributed by atoms with Gasteiger partial charge in [0.1, 0.15) is 6.04 Å². The summed E-state index contributed by atoms with van der Waals surface area (Å²) in [7, 11) is -3.73. The van der Waals surface area contributed by atoms with Crippen molar-refractivity contribution < 1.29 is 22.7 Å². The van der Waals surface area contributed by atoms with E-state index >= 15 is 0 Å². The van der Waals surface area contributed by atoms with E-state index in [1.54, 1.807) is 42.7 Å². The highest BCUT2D eigenvalue weighted by molar-refractivity contribution is 7.88. The van der Waals surface area contributed by atoms with Crippen LogP contribution in [0.3, 0.4) is 0 Å². The summed E-state index contributed by atoms with van der Waals surface area (Å²) in [5.41, 5.74) is 1.49. The molecule has 1 amide bonds. The SMILES string of the molecule is CC(C)C[C@H](OC(=O)C1CCCCN1S(=O)(=O)Cc1ccccc1)C(=O)NCc1cccnc1. The van der Waals surface area contributed by atoms with Gasteiger partial charge in [0.15, 0.2) is 6.10 Å². The lowest BCUT2D eigenvalue weighted by Crippen LogP contribution is -2.50. The van der Waals surface area contributed by atoms with E-state index < -0.39 is 34.0 Å². The fraction of sp³-hybridized carbons (Fsp3) is 0.480. The van der Waals surface area contributed by atoms with Crippen LogP contribution in [-0.2, 0) is 36.6 Å². The molecule has 1 N–H and O–H groups in total. The zero-order valence-corrected chi connectivity index (χ0v) is 20.5. The molecule has 0 saturated carbocycles. The molecule has 184 valence electrons. The maximum Gasteiger partial charge on any atom is 0.325 e. The molecule has 1 aliphatic heterocycles. The molecular weight excluding hydrogens is 454 g/mol. The number of nitrogens with zero attached hydrogens (tertiary/aromatic N) is 2. The first-order chi connectivity index (χ1) is 16.3. The predicted molar refractivity (Wildman–Crippen MR) is 129 cm³/mol. The second-order valence-electron chi connectivity index (χ2n) is 9.00. The van der Waals surface area contributed by atoms with Gasteiger partial charge in [0.05, 0.1) is 5.75 Å².